The van der Waals surface area contributed by atoms with Crippen LogP contribution in [-0.2, 0) is 86.0 Å². The summed E-state index contributed by atoms with van der Waals surface area (Å²) >= 11 is 0. The minimum atomic E-state index is -0.465. The topological polar surface area (TPSA) is 351 Å². The molecule has 0 aromatic rings. The molecule has 11 amide bonds. The van der Waals surface area contributed by atoms with Crippen molar-refractivity contribution in [1.29, 1.82) is 0 Å². The van der Waals surface area contributed by atoms with Crippen LogP contribution in [0.1, 0.15) is 64.7 Å². The number of nitrogens with one attached hydrogen (secondary N) is 7. The molecule has 434 valence electrons. The van der Waals surface area contributed by atoms with Gasteiger partial charge in [0, 0.05) is 128 Å². The van der Waals surface area contributed by atoms with Gasteiger partial charge in [-0.1, -0.05) is 11.6 Å². The summed E-state index contributed by atoms with van der Waals surface area (Å²) in [7, 11) is 0. The second-order valence-electron chi connectivity index (χ2n) is 17.0. The SMILES string of the molecule is CC(=O)/C=C\C(=O)NCCC(=O)NCCOCCOCCC(=O)NCC/C(=C\CCNC(=O)CCOCCOCCNC(=O)CCN1C(=O)C=CC1=O)CCNC(=O)CCOCCOCCNC(=O)CCN1C(=O)C=CC1=O. The fraction of sp³-hybridized carbons (Fsp3) is 0.608. The smallest absolute Gasteiger partial charge is 0.253 e. The summed E-state index contributed by atoms with van der Waals surface area (Å²) in [5.74, 6) is -4.08. The van der Waals surface area contributed by atoms with Crippen LogP contribution in [0.25, 0.3) is 0 Å². The van der Waals surface area contributed by atoms with Gasteiger partial charge in [0.1, 0.15) is 0 Å². The molecule has 78 heavy (non-hydrogen) atoms. The molecule has 0 aliphatic carbocycles. The molecule has 27 nitrogen and oxygen atoms in total. The van der Waals surface area contributed by atoms with Crippen molar-refractivity contribution in [2.75, 3.05) is 138 Å². The van der Waals surface area contributed by atoms with E-state index in [0.29, 0.717) is 38.9 Å². The molecule has 0 aromatic carbocycles. The predicted octanol–water partition coefficient (Wildman–Crippen LogP) is -2.67. The molecule has 27 heteroatoms. The minimum Gasteiger partial charge on any atom is -0.379 e. The maximum absolute atomic E-state index is 12.5. The van der Waals surface area contributed by atoms with Crippen molar-refractivity contribution in [2.45, 2.75) is 64.7 Å². The second-order valence-corrected chi connectivity index (χ2v) is 17.0. The fourth-order valence-electron chi connectivity index (χ4n) is 6.60. The number of allylic oxidation sites excluding steroid dienone is 1. The number of ether oxygens (including phenoxy) is 6. The van der Waals surface area contributed by atoms with Crippen LogP contribution >= 0.6 is 0 Å². The summed E-state index contributed by atoms with van der Waals surface area (Å²) in [6.07, 6.45) is 10.7. The van der Waals surface area contributed by atoms with E-state index in [1.165, 1.54) is 6.92 Å². The van der Waals surface area contributed by atoms with E-state index in [-0.39, 0.29) is 198 Å². The molecule has 0 fully saturated rings. The Kier molecular flexibility index (Phi) is 37.0. The van der Waals surface area contributed by atoms with Gasteiger partial charge in [-0.15, -0.1) is 0 Å². The molecule has 2 aliphatic rings. The Bertz CT molecular complexity index is 2060. The van der Waals surface area contributed by atoms with Crippen LogP contribution in [0.4, 0.5) is 0 Å². The van der Waals surface area contributed by atoms with E-state index in [9.17, 15) is 57.5 Å². The number of hydrogen-bond acceptors (Lipinski definition) is 18. The monoisotopic (exact) mass is 1100 g/mol. The lowest BCUT2D eigenvalue weighted by Gasteiger charge is -2.13. The summed E-state index contributed by atoms with van der Waals surface area (Å²) in [6, 6.07) is 0. The van der Waals surface area contributed by atoms with Crippen molar-refractivity contribution in [3.8, 4) is 0 Å². The van der Waals surface area contributed by atoms with Crippen LogP contribution in [0.15, 0.2) is 48.1 Å². The van der Waals surface area contributed by atoms with Gasteiger partial charge in [-0.25, -0.2) is 0 Å². The van der Waals surface area contributed by atoms with Crippen molar-refractivity contribution in [2.24, 2.45) is 0 Å². The van der Waals surface area contributed by atoms with Crippen LogP contribution in [0.3, 0.4) is 0 Å². The van der Waals surface area contributed by atoms with E-state index in [1.807, 2.05) is 6.08 Å². The van der Waals surface area contributed by atoms with Gasteiger partial charge in [-0.05, 0) is 32.3 Å². The summed E-state index contributed by atoms with van der Waals surface area (Å²) in [5, 5.41) is 19.0. The third kappa shape index (κ3) is 35.3. The Morgan fingerprint density at radius 2 is 0.692 bits per heavy atom. The van der Waals surface area contributed by atoms with E-state index in [0.717, 1.165) is 51.8 Å². The van der Waals surface area contributed by atoms with E-state index in [4.69, 9.17) is 28.4 Å². The van der Waals surface area contributed by atoms with Crippen LogP contribution in [0.5, 0.6) is 0 Å². The number of carbonyl (C=O) groups is 12. The largest absolute Gasteiger partial charge is 0.379 e. The highest BCUT2D eigenvalue weighted by atomic mass is 16.5. The second kappa shape index (κ2) is 43.0. The van der Waals surface area contributed by atoms with Crippen molar-refractivity contribution in [3.05, 3.63) is 48.1 Å². The van der Waals surface area contributed by atoms with E-state index < -0.39 is 29.5 Å². The molecule has 0 atom stereocenters. The van der Waals surface area contributed by atoms with Gasteiger partial charge in [0.15, 0.2) is 5.78 Å². The molecule has 7 N–H and O–H groups in total. The Balaban J connectivity index is 1.61. The molecular formula is C51H77N9O18. The lowest BCUT2D eigenvalue weighted by molar-refractivity contribution is -0.139. The predicted molar refractivity (Wildman–Crippen MR) is 277 cm³/mol. The summed E-state index contributed by atoms with van der Waals surface area (Å²) in [5.41, 5.74) is 0.953. The normalized spacial score (nSPS) is 13.1. The van der Waals surface area contributed by atoms with Crippen LogP contribution in [0, 0.1) is 0 Å². The molecule has 0 aromatic heterocycles. The fourth-order valence-corrected chi connectivity index (χ4v) is 6.60. The van der Waals surface area contributed by atoms with Crippen molar-refractivity contribution < 1.29 is 86.0 Å². The van der Waals surface area contributed by atoms with Crippen LogP contribution < -0.4 is 37.2 Å². The number of nitrogens with zero attached hydrogens (tertiary/aromatic N) is 2. The third-order valence-electron chi connectivity index (χ3n) is 10.7. The quantitative estimate of drug-likeness (QED) is 0.0141. The minimum absolute atomic E-state index is 0.00301. The average molecular weight is 1100 g/mol. The maximum Gasteiger partial charge on any atom is 0.253 e. The number of carbonyl (C=O) groups excluding carboxylic acids is 12. The molecule has 0 saturated heterocycles. The third-order valence-corrected chi connectivity index (χ3v) is 10.7. The first-order valence-corrected chi connectivity index (χ1v) is 25.9. The van der Waals surface area contributed by atoms with E-state index >= 15 is 0 Å². The van der Waals surface area contributed by atoms with Gasteiger partial charge in [-0.3, -0.25) is 67.3 Å². The molecule has 2 aliphatic heterocycles. The first kappa shape index (κ1) is 67.1. The Hall–Kier alpha value is -7.04. The Morgan fingerprint density at radius 3 is 1.08 bits per heavy atom. The zero-order chi connectivity index (χ0) is 57.0. The van der Waals surface area contributed by atoms with Gasteiger partial charge in [0.25, 0.3) is 23.6 Å². The first-order valence-electron chi connectivity index (χ1n) is 25.9. The highest BCUT2D eigenvalue weighted by molar-refractivity contribution is 6.13. The highest BCUT2D eigenvalue weighted by Crippen LogP contribution is 2.08. The van der Waals surface area contributed by atoms with Gasteiger partial charge in [-0.2, -0.15) is 0 Å². The van der Waals surface area contributed by atoms with Crippen molar-refractivity contribution in [3.63, 3.8) is 0 Å². The van der Waals surface area contributed by atoms with Crippen LogP contribution in [0.2, 0.25) is 0 Å². The zero-order valence-corrected chi connectivity index (χ0v) is 44.5. The highest BCUT2D eigenvalue weighted by Gasteiger charge is 2.24. The lowest BCUT2D eigenvalue weighted by atomic mass is 10.1. The number of hydrogen-bond donors (Lipinski definition) is 7. The Morgan fingerprint density at radius 1 is 0.372 bits per heavy atom. The molecule has 2 rings (SSSR count). The number of imide groups is 2. The van der Waals surface area contributed by atoms with Gasteiger partial charge >= 0.3 is 0 Å². The van der Waals surface area contributed by atoms with E-state index in [1.54, 1.807) is 0 Å². The molecule has 0 radical (unpaired) electrons. The lowest BCUT2D eigenvalue weighted by Crippen LogP contribution is -2.35. The summed E-state index contributed by atoms with van der Waals surface area (Å²) < 4.78 is 32.8. The van der Waals surface area contributed by atoms with Gasteiger partial charge < -0.3 is 65.6 Å². The summed E-state index contributed by atoms with van der Waals surface area (Å²) in [4.78, 5) is 144. The Labute approximate surface area is 453 Å². The maximum atomic E-state index is 12.5. The number of ketones is 1. The van der Waals surface area contributed by atoms with E-state index in [2.05, 4.69) is 37.2 Å². The van der Waals surface area contributed by atoms with Crippen molar-refractivity contribution >= 4 is 70.8 Å². The molecule has 0 spiro atoms. The average Bonchev–Trinajstić information content (AvgIpc) is 3.91. The summed E-state index contributed by atoms with van der Waals surface area (Å²) in [6.45, 7) is 5.74. The standard InChI is InChI=1S/C51H77N9O18/c1-39(61)4-5-41(62)55-21-12-42(63)56-22-30-76-36-34-74-28-16-46(67)53-19-10-40(11-20-54-47(68)17-29-75-35-38-78-32-24-58-44(65)14-26-60-50(71)8-9-51(60)72)3-2-18-52-45(66)15-27-73-33-37-77-31-23-57-43(64)13-25-59-48(69)6-7-49(59)70/h3-9H,2,10-38H2,1H3,(H,52,66)(H,53,67)(H,54,68)(H,55,62)(H,56,63)(H,57,64)(H,58,65)/b5-4-,40-3+. The van der Waals surface area contributed by atoms with Gasteiger partial charge in [0.2, 0.25) is 41.4 Å². The number of amides is 11. The molecule has 0 bridgehead atoms. The molecule has 0 saturated carbocycles. The molecule has 0 unspecified atom stereocenters. The van der Waals surface area contributed by atoms with Crippen LogP contribution in [-0.4, -0.2) is 219 Å². The first-order chi connectivity index (χ1) is 37.6. The zero-order valence-electron chi connectivity index (χ0n) is 44.5. The van der Waals surface area contributed by atoms with Crippen molar-refractivity contribution in [1.82, 2.24) is 47.0 Å². The molecule has 2 heterocycles. The number of rotatable bonds is 47. The molecular weight excluding hydrogens is 1030 g/mol. The van der Waals surface area contributed by atoms with Gasteiger partial charge in [0.05, 0.1) is 79.3 Å².